The number of hydrogen-bond acceptors (Lipinski definition) is 3. The SMILES string of the molecule is CC(CNC(=O)C1CCNC1)Oc1cccc(Cl)c1. The van der Waals surface area contributed by atoms with E-state index in [1.165, 1.54) is 0 Å². The second-order valence-corrected chi connectivity index (χ2v) is 5.26. The van der Waals surface area contributed by atoms with E-state index in [0.717, 1.165) is 25.3 Å². The summed E-state index contributed by atoms with van der Waals surface area (Å²) in [6, 6.07) is 7.26. The fourth-order valence-corrected chi connectivity index (χ4v) is 2.26. The Balaban J connectivity index is 1.75. The molecule has 0 saturated carbocycles. The summed E-state index contributed by atoms with van der Waals surface area (Å²) in [5.41, 5.74) is 0. The third-order valence-corrected chi connectivity index (χ3v) is 3.36. The van der Waals surface area contributed by atoms with E-state index in [2.05, 4.69) is 10.6 Å². The number of rotatable bonds is 5. The van der Waals surface area contributed by atoms with E-state index in [1.807, 2.05) is 19.1 Å². The molecular weight excluding hydrogens is 264 g/mol. The first-order chi connectivity index (χ1) is 9.15. The predicted octanol–water partition coefficient (Wildman–Crippen LogP) is 1.83. The molecule has 1 saturated heterocycles. The first-order valence-electron chi connectivity index (χ1n) is 6.56. The molecule has 2 atom stereocenters. The quantitative estimate of drug-likeness (QED) is 0.866. The zero-order valence-corrected chi connectivity index (χ0v) is 11.7. The summed E-state index contributed by atoms with van der Waals surface area (Å²) in [5.74, 6) is 0.918. The van der Waals surface area contributed by atoms with Crippen LogP contribution in [0.5, 0.6) is 5.75 Å². The van der Waals surface area contributed by atoms with Crippen LogP contribution in [0.2, 0.25) is 5.02 Å². The first-order valence-corrected chi connectivity index (χ1v) is 6.93. The van der Waals surface area contributed by atoms with Gasteiger partial charge in [0, 0.05) is 11.6 Å². The van der Waals surface area contributed by atoms with Crippen molar-refractivity contribution in [1.29, 1.82) is 0 Å². The van der Waals surface area contributed by atoms with Crippen LogP contribution >= 0.6 is 11.6 Å². The van der Waals surface area contributed by atoms with Crippen molar-refractivity contribution in [3.8, 4) is 5.75 Å². The van der Waals surface area contributed by atoms with Crippen molar-refractivity contribution < 1.29 is 9.53 Å². The molecule has 0 aliphatic carbocycles. The summed E-state index contributed by atoms with van der Waals surface area (Å²) >= 11 is 5.89. The molecular formula is C14H19ClN2O2. The maximum atomic E-state index is 11.8. The lowest BCUT2D eigenvalue weighted by Crippen LogP contribution is -2.38. The fourth-order valence-electron chi connectivity index (χ4n) is 2.08. The number of halogens is 1. The van der Waals surface area contributed by atoms with Gasteiger partial charge >= 0.3 is 0 Å². The van der Waals surface area contributed by atoms with Gasteiger partial charge in [0.1, 0.15) is 11.9 Å². The number of benzene rings is 1. The Labute approximate surface area is 118 Å². The minimum absolute atomic E-state index is 0.0863. The topological polar surface area (TPSA) is 50.4 Å². The van der Waals surface area contributed by atoms with Gasteiger partial charge in [-0.25, -0.2) is 0 Å². The molecule has 0 bridgehead atoms. The van der Waals surface area contributed by atoms with Crippen LogP contribution in [-0.2, 0) is 4.79 Å². The standard InChI is InChI=1S/C14H19ClN2O2/c1-10(19-13-4-2-3-12(15)7-13)8-17-14(18)11-5-6-16-9-11/h2-4,7,10-11,16H,5-6,8-9H2,1H3,(H,17,18). The average Bonchev–Trinajstić information content (AvgIpc) is 2.90. The summed E-state index contributed by atoms with van der Waals surface area (Å²) in [6.45, 7) is 4.12. The molecule has 2 unspecified atom stereocenters. The van der Waals surface area contributed by atoms with Crippen molar-refractivity contribution in [2.24, 2.45) is 5.92 Å². The lowest BCUT2D eigenvalue weighted by Gasteiger charge is -2.17. The van der Waals surface area contributed by atoms with Gasteiger partial charge in [0.25, 0.3) is 0 Å². The average molecular weight is 283 g/mol. The van der Waals surface area contributed by atoms with Gasteiger partial charge in [-0.2, -0.15) is 0 Å². The van der Waals surface area contributed by atoms with Crippen LogP contribution in [0.15, 0.2) is 24.3 Å². The molecule has 5 heteroatoms. The zero-order valence-electron chi connectivity index (χ0n) is 11.0. The Kier molecular flexibility index (Phi) is 5.05. The largest absolute Gasteiger partial charge is 0.489 e. The molecule has 1 aliphatic rings. The van der Waals surface area contributed by atoms with E-state index in [4.69, 9.17) is 16.3 Å². The first kappa shape index (κ1) is 14.2. The normalized spacial score (nSPS) is 20.0. The van der Waals surface area contributed by atoms with E-state index in [1.54, 1.807) is 12.1 Å². The van der Waals surface area contributed by atoms with Gasteiger partial charge in [-0.15, -0.1) is 0 Å². The highest BCUT2D eigenvalue weighted by molar-refractivity contribution is 6.30. The molecule has 0 spiro atoms. The highest BCUT2D eigenvalue weighted by atomic mass is 35.5. The molecule has 1 heterocycles. The van der Waals surface area contributed by atoms with Crippen LogP contribution in [0.4, 0.5) is 0 Å². The van der Waals surface area contributed by atoms with Crippen LogP contribution < -0.4 is 15.4 Å². The van der Waals surface area contributed by atoms with Gasteiger partial charge in [-0.1, -0.05) is 17.7 Å². The second-order valence-electron chi connectivity index (χ2n) is 4.82. The summed E-state index contributed by atoms with van der Waals surface area (Å²) < 4.78 is 5.69. The Hall–Kier alpha value is -1.26. The smallest absolute Gasteiger partial charge is 0.224 e. The molecule has 2 N–H and O–H groups in total. The molecule has 104 valence electrons. The summed E-state index contributed by atoms with van der Waals surface area (Å²) in [5, 5.41) is 6.75. The third-order valence-electron chi connectivity index (χ3n) is 3.13. The van der Waals surface area contributed by atoms with E-state index >= 15 is 0 Å². The lowest BCUT2D eigenvalue weighted by molar-refractivity contribution is -0.124. The van der Waals surface area contributed by atoms with Gasteiger partial charge in [-0.3, -0.25) is 4.79 Å². The molecule has 1 aromatic rings. The van der Waals surface area contributed by atoms with Crippen molar-refractivity contribution >= 4 is 17.5 Å². The Morgan fingerprint density at radius 3 is 3.16 bits per heavy atom. The van der Waals surface area contributed by atoms with Gasteiger partial charge in [-0.05, 0) is 38.1 Å². The van der Waals surface area contributed by atoms with Crippen LogP contribution in [0.3, 0.4) is 0 Å². The van der Waals surface area contributed by atoms with Crippen molar-refractivity contribution in [2.75, 3.05) is 19.6 Å². The number of nitrogens with one attached hydrogen (secondary N) is 2. The van der Waals surface area contributed by atoms with E-state index in [-0.39, 0.29) is 17.9 Å². The van der Waals surface area contributed by atoms with Crippen LogP contribution in [0.25, 0.3) is 0 Å². The second kappa shape index (κ2) is 6.78. The Bertz CT molecular complexity index is 433. The molecule has 2 rings (SSSR count). The summed E-state index contributed by atoms with van der Waals surface area (Å²) in [4.78, 5) is 11.8. The molecule has 1 aliphatic heterocycles. The number of amides is 1. The third kappa shape index (κ3) is 4.40. The number of carbonyl (C=O) groups is 1. The van der Waals surface area contributed by atoms with Gasteiger partial charge in [0.15, 0.2) is 0 Å². The number of ether oxygens (including phenoxy) is 1. The summed E-state index contributed by atoms with van der Waals surface area (Å²) in [6.07, 6.45) is 0.826. The molecule has 1 aromatic carbocycles. The van der Waals surface area contributed by atoms with Crippen LogP contribution in [0.1, 0.15) is 13.3 Å². The van der Waals surface area contributed by atoms with Crippen molar-refractivity contribution in [3.05, 3.63) is 29.3 Å². The van der Waals surface area contributed by atoms with Gasteiger partial charge in [0.2, 0.25) is 5.91 Å². The minimum atomic E-state index is -0.0863. The van der Waals surface area contributed by atoms with Crippen LogP contribution in [-0.4, -0.2) is 31.6 Å². The molecule has 19 heavy (non-hydrogen) atoms. The highest BCUT2D eigenvalue weighted by Gasteiger charge is 2.22. The molecule has 1 amide bonds. The van der Waals surface area contributed by atoms with Crippen molar-refractivity contribution in [3.63, 3.8) is 0 Å². The zero-order chi connectivity index (χ0) is 13.7. The molecule has 1 fully saturated rings. The van der Waals surface area contributed by atoms with E-state index < -0.39 is 0 Å². The molecule has 0 radical (unpaired) electrons. The lowest BCUT2D eigenvalue weighted by atomic mass is 10.1. The fraction of sp³-hybridized carbons (Fsp3) is 0.500. The maximum absolute atomic E-state index is 11.8. The van der Waals surface area contributed by atoms with Gasteiger partial charge < -0.3 is 15.4 Å². The highest BCUT2D eigenvalue weighted by Crippen LogP contribution is 2.18. The number of hydrogen-bond donors (Lipinski definition) is 2. The predicted molar refractivity (Wildman–Crippen MR) is 75.5 cm³/mol. The Morgan fingerprint density at radius 2 is 2.47 bits per heavy atom. The van der Waals surface area contributed by atoms with Crippen LogP contribution in [0, 0.1) is 5.92 Å². The van der Waals surface area contributed by atoms with Crippen molar-refractivity contribution in [1.82, 2.24) is 10.6 Å². The van der Waals surface area contributed by atoms with Gasteiger partial charge in [0.05, 0.1) is 12.5 Å². The van der Waals surface area contributed by atoms with E-state index in [0.29, 0.717) is 11.6 Å². The molecule has 4 nitrogen and oxygen atoms in total. The monoisotopic (exact) mass is 282 g/mol. The number of carbonyl (C=O) groups excluding carboxylic acids is 1. The molecule has 0 aromatic heterocycles. The maximum Gasteiger partial charge on any atom is 0.224 e. The Morgan fingerprint density at radius 1 is 1.63 bits per heavy atom. The minimum Gasteiger partial charge on any atom is -0.489 e. The van der Waals surface area contributed by atoms with Crippen molar-refractivity contribution in [2.45, 2.75) is 19.4 Å². The summed E-state index contributed by atoms with van der Waals surface area (Å²) in [7, 11) is 0. The van der Waals surface area contributed by atoms with E-state index in [9.17, 15) is 4.79 Å².